The molecule has 0 bridgehead atoms. The van der Waals surface area contributed by atoms with Crippen molar-refractivity contribution in [3.8, 4) is 0 Å². The van der Waals surface area contributed by atoms with Gasteiger partial charge in [-0.2, -0.15) is 0 Å². The Bertz CT molecular complexity index is 842. The summed E-state index contributed by atoms with van der Waals surface area (Å²) in [6.45, 7) is 2.04. The second-order valence-electron chi connectivity index (χ2n) is 5.56. The van der Waals surface area contributed by atoms with E-state index < -0.39 is 0 Å². The summed E-state index contributed by atoms with van der Waals surface area (Å²) in [5.41, 5.74) is 0.966. The number of halogens is 1. The lowest BCUT2D eigenvalue weighted by molar-refractivity contribution is -0.115. The molecule has 0 fully saturated rings. The molecule has 25 heavy (non-hydrogen) atoms. The van der Waals surface area contributed by atoms with Crippen LogP contribution in [0.15, 0.2) is 45.5 Å². The summed E-state index contributed by atoms with van der Waals surface area (Å²) < 4.78 is 6.60. The summed E-state index contributed by atoms with van der Waals surface area (Å²) in [7, 11) is 0. The number of hydrogen-bond acceptors (Lipinski definition) is 5. The third-order valence-electron chi connectivity index (χ3n) is 3.61. The van der Waals surface area contributed by atoms with Crippen molar-refractivity contribution in [2.75, 3.05) is 5.32 Å². The molecule has 7 heteroatoms. The second-order valence-corrected chi connectivity index (χ2v) is 7.59. The minimum absolute atomic E-state index is 0.0662. The number of nitrogens with zero attached hydrogens (tertiary/aromatic N) is 2. The maximum atomic E-state index is 12.1. The van der Waals surface area contributed by atoms with Crippen molar-refractivity contribution >= 4 is 38.3 Å². The first-order chi connectivity index (χ1) is 12.1. The van der Waals surface area contributed by atoms with Crippen LogP contribution in [-0.4, -0.2) is 15.9 Å². The number of rotatable bonds is 7. The summed E-state index contributed by atoms with van der Waals surface area (Å²) >= 11 is 4.87. The van der Waals surface area contributed by atoms with E-state index in [4.69, 9.17) is 4.42 Å². The van der Waals surface area contributed by atoms with E-state index in [1.165, 1.54) is 11.3 Å². The van der Waals surface area contributed by atoms with Crippen LogP contribution >= 0.6 is 27.3 Å². The van der Waals surface area contributed by atoms with Crippen LogP contribution in [0.2, 0.25) is 0 Å². The Kier molecular flexibility index (Phi) is 5.99. The van der Waals surface area contributed by atoms with Crippen molar-refractivity contribution in [3.63, 3.8) is 0 Å². The summed E-state index contributed by atoms with van der Waals surface area (Å²) in [5.74, 6) is 1.58. The molecule has 0 radical (unpaired) electrons. The fraction of sp³-hybridized carbons (Fsp3) is 0.278. The number of benzene rings is 1. The fourth-order valence-electron chi connectivity index (χ4n) is 2.29. The predicted molar refractivity (Wildman–Crippen MR) is 102 cm³/mol. The van der Waals surface area contributed by atoms with E-state index >= 15 is 0 Å². The standard InChI is InChI=1S/C18H18BrN3O2S/c1-2-14-10-20-17(24-14)8-7-15-11-21-18(25-15)22-16(23)9-12-3-5-13(19)6-4-12/h3-6,10-11H,2,7-9H2,1H3,(H,21,22,23). The molecule has 0 aliphatic carbocycles. The number of carbonyl (C=O) groups excluding carboxylic acids is 1. The Hall–Kier alpha value is -1.99. The molecule has 130 valence electrons. The van der Waals surface area contributed by atoms with Crippen LogP contribution in [0, 0.1) is 0 Å². The molecule has 1 N–H and O–H groups in total. The maximum absolute atomic E-state index is 12.1. The van der Waals surface area contributed by atoms with Gasteiger partial charge in [0.2, 0.25) is 5.91 Å². The zero-order valence-electron chi connectivity index (χ0n) is 13.8. The number of amides is 1. The third kappa shape index (κ3) is 5.24. The summed E-state index contributed by atoms with van der Waals surface area (Å²) in [5, 5.41) is 3.48. The quantitative estimate of drug-likeness (QED) is 0.615. The van der Waals surface area contributed by atoms with Crippen molar-refractivity contribution in [3.05, 3.63) is 63.2 Å². The van der Waals surface area contributed by atoms with E-state index in [-0.39, 0.29) is 5.91 Å². The molecule has 2 heterocycles. The van der Waals surface area contributed by atoms with Crippen LogP contribution in [0.25, 0.3) is 0 Å². The molecule has 1 aromatic carbocycles. The smallest absolute Gasteiger partial charge is 0.230 e. The molecule has 0 unspecified atom stereocenters. The van der Waals surface area contributed by atoms with E-state index in [0.29, 0.717) is 11.6 Å². The molecule has 0 spiro atoms. The van der Waals surface area contributed by atoms with Gasteiger partial charge in [0.1, 0.15) is 5.76 Å². The Morgan fingerprint density at radius 3 is 2.72 bits per heavy atom. The minimum Gasteiger partial charge on any atom is -0.446 e. The summed E-state index contributed by atoms with van der Waals surface area (Å²) in [6.07, 6.45) is 6.28. The lowest BCUT2D eigenvalue weighted by Gasteiger charge is -2.02. The normalized spacial score (nSPS) is 10.8. The highest BCUT2D eigenvalue weighted by atomic mass is 79.9. The van der Waals surface area contributed by atoms with Gasteiger partial charge in [-0.05, 0) is 24.1 Å². The topological polar surface area (TPSA) is 68.0 Å². The molecular formula is C18H18BrN3O2S. The van der Waals surface area contributed by atoms with Crippen molar-refractivity contribution in [1.29, 1.82) is 0 Å². The molecule has 3 rings (SSSR count). The van der Waals surface area contributed by atoms with E-state index in [0.717, 1.165) is 45.8 Å². The predicted octanol–water partition coefficient (Wildman–Crippen LogP) is 4.42. The summed E-state index contributed by atoms with van der Waals surface area (Å²) in [4.78, 5) is 21.7. The van der Waals surface area contributed by atoms with Crippen molar-refractivity contribution in [2.24, 2.45) is 0 Å². The molecule has 1 amide bonds. The Balaban J connectivity index is 1.50. The van der Waals surface area contributed by atoms with Crippen LogP contribution in [0.4, 0.5) is 5.13 Å². The first kappa shape index (κ1) is 17.8. The first-order valence-electron chi connectivity index (χ1n) is 8.05. The van der Waals surface area contributed by atoms with Gasteiger partial charge in [0.25, 0.3) is 0 Å². The second kappa shape index (κ2) is 8.40. The minimum atomic E-state index is -0.0662. The van der Waals surface area contributed by atoms with Crippen molar-refractivity contribution in [2.45, 2.75) is 32.6 Å². The van der Waals surface area contributed by atoms with E-state index in [9.17, 15) is 4.79 Å². The van der Waals surface area contributed by atoms with Crippen LogP contribution < -0.4 is 5.32 Å². The highest BCUT2D eigenvalue weighted by molar-refractivity contribution is 9.10. The van der Waals surface area contributed by atoms with Crippen LogP contribution in [0.3, 0.4) is 0 Å². The zero-order chi connectivity index (χ0) is 17.6. The number of aromatic nitrogens is 2. The van der Waals surface area contributed by atoms with Gasteiger partial charge >= 0.3 is 0 Å². The SMILES string of the molecule is CCc1cnc(CCc2cnc(NC(=O)Cc3ccc(Br)cc3)s2)o1. The largest absolute Gasteiger partial charge is 0.446 e. The molecule has 0 saturated carbocycles. The van der Waals surface area contributed by atoms with Gasteiger partial charge < -0.3 is 9.73 Å². The lowest BCUT2D eigenvalue weighted by atomic mass is 10.1. The Morgan fingerprint density at radius 2 is 2.00 bits per heavy atom. The fourth-order valence-corrected chi connectivity index (χ4v) is 3.38. The molecule has 2 aromatic heterocycles. The molecule has 0 aliphatic heterocycles. The van der Waals surface area contributed by atoms with Gasteiger partial charge in [0.15, 0.2) is 11.0 Å². The number of nitrogens with one attached hydrogen (secondary N) is 1. The highest BCUT2D eigenvalue weighted by Gasteiger charge is 2.09. The van der Waals surface area contributed by atoms with Crippen molar-refractivity contribution in [1.82, 2.24) is 9.97 Å². The number of thiazole rings is 1. The van der Waals surface area contributed by atoms with Gasteiger partial charge in [0, 0.05) is 28.4 Å². The molecule has 5 nitrogen and oxygen atoms in total. The molecule has 0 atom stereocenters. The Labute approximate surface area is 158 Å². The van der Waals surface area contributed by atoms with E-state index in [2.05, 4.69) is 31.2 Å². The Morgan fingerprint density at radius 1 is 1.20 bits per heavy atom. The number of hydrogen-bond donors (Lipinski definition) is 1. The average Bonchev–Trinajstić information content (AvgIpc) is 3.24. The lowest BCUT2D eigenvalue weighted by Crippen LogP contribution is -2.14. The number of anilines is 1. The monoisotopic (exact) mass is 419 g/mol. The van der Waals surface area contributed by atoms with E-state index in [1.54, 1.807) is 12.4 Å². The maximum Gasteiger partial charge on any atom is 0.230 e. The van der Waals surface area contributed by atoms with Crippen LogP contribution in [0.5, 0.6) is 0 Å². The van der Waals surface area contributed by atoms with Gasteiger partial charge in [0.05, 0.1) is 12.6 Å². The molecule has 0 saturated heterocycles. The van der Waals surface area contributed by atoms with Crippen LogP contribution in [-0.2, 0) is 30.5 Å². The molecule has 0 aliphatic rings. The summed E-state index contributed by atoms with van der Waals surface area (Å²) in [6, 6.07) is 7.71. The average molecular weight is 420 g/mol. The number of aryl methyl sites for hydroxylation is 3. The molecule has 3 aromatic rings. The van der Waals surface area contributed by atoms with E-state index in [1.807, 2.05) is 31.2 Å². The first-order valence-corrected chi connectivity index (χ1v) is 9.66. The van der Waals surface area contributed by atoms with Gasteiger partial charge in [-0.25, -0.2) is 9.97 Å². The number of carbonyl (C=O) groups is 1. The van der Waals surface area contributed by atoms with Gasteiger partial charge in [-0.3, -0.25) is 4.79 Å². The molecular weight excluding hydrogens is 402 g/mol. The third-order valence-corrected chi connectivity index (χ3v) is 5.11. The van der Waals surface area contributed by atoms with Gasteiger partial charge in [-0.1, -0.05) is 35.0 Å². The van der Waals surface area contributed by atoms with Gasteiger partial charge in [-0.15, -0.1) is 11.3 Å². The van der Waals surface area contributed by atoms with Crippen LogP contribution in [0.1, 0.15) is 29.0 Å². The highest BCUT2D eigenvalue weighted by Crippen LogP contribution is 2.20. The zero-order valence-corrected chi connectivity index (χ0v) is 16.2. The van der Waals surface area contributed by atoms with Crippen molar-refractivity contribution < 1.29 is 9.21 Å². The number of oxazole rings is 1.